The van der Waals surface area contributed by atoms with Crippen molar-refractivity contribution in [2.75, 3.05) is 19.6 Å². The molecule has 0 saturated carbocycles. The van der Waals surface area contributed by atoms with E-state index in [0.29, 0.717) is 36.4 Å². The molecule has 3 heterocycles. The normalized spacial score (nSPS) is 25.2. The highest BCUT2D eigenvalue weighted by Gasteiger charge is 2.36. The molecule has 146 valence electrons. The number of piperidine rings is 2. The average Bonchev–Trinajstić information content (AvgIpc) is 2.99. The zero-order valence-corrected chi connectivity index (χ0v) is 16.6. The van der Waals surface area contributed by atoms with Crippen LogP contribution in [-0.4, -0.2) is 55.6 Å². The Hall–Kier alpha value is -1.89. The summed E-state index contributed by atoms with van der Waals surface area (Å²) in [6, 6.07) is 7.38. The quantitative estimate of drug-likeness (QED) is 0.780. The number of carbonyl (C=O) groups excluding carboxylic acids is 1. The van der Waals surface area contributed by atoms with Gasteiger partial charge in [0.25, 0.3) is 10.0 Å². The van der Waals surface area contributed by atoms with Crippen LogP contribution in [0.3, 0.4) is 0 Å². The average molecular weight is 390 g/mol. The summed E-state index contributed by atoms with van der Waals surface area (Å²) in [5.74, 6) is 0.880. The molecule has 27 heavy (non-hydrogen) atoms. The lowest BCUT2D eigenvalue weighted by atomic mass is 9.91. The van der Waals surface area contributed by atoms with Crippen molar-refractivity contribution in [3.8, 4) is 0 Å². The standard InChI is InChI=1S/C20H27N3O3S/c1-2-16-7-5-6-12-23(16)20(24)15-10-13-22(14-11-15)19-17-8-3-4-9-18(17)27(25,26)21-19/h3-4,8-9,15-16H,2,5-7,10-14H2,1H3/t16-/m0/s1. The van der Waals surface area contributed by atoms with E-state index in [1.165, 1.54) is 6.42 Å². The summed E-state index contributed by atoms with van der Waals surface area (Å²) in [6.45, 7) is 4.39. The highest BCUT2D eigenvalue weighted by Crippen LogP contribution is 2.31. The van der Waals surface area contributed by atoms with Gasteiger partial charge in [0.15, 0.2) is 5.84 Å². The minimum absolute atomic E-state index is 0.0438. The van der Waals surface area contributed by atoms with Gasteiger partial charge in [-0.1, -0.05) is 19.1 Å². The van der Waals surface area contributed by atoms with Crippen LogP contribution < -0.4 is 0 Å². The molecule has 3 aliphatic heterocycles. The fourth-order valence-electron chi connectivity index (χ4n) is 4.60. The van der Waals surface area contributed by atoms with Crippen LogP contribution >= 0.6 is 0 Å². The minimum Gasteiger partial charge on any atom is -0.355 e. The molecule has 1 amide bonds. The van der Waals surface area contributed by atoms with Crippen LogP contribution in [-0.2, 0) is 14.8 Å². The van der Waals surface area contributed by atoms with Crippen molar-refractivity contribution in [2.24, 2.45) is 10.3 Å². The molecular formula is C20H27N3O3S. The molecule has 3 aliphatic rings. The smallest absolute Gasteiger partial charge is 0.285 e. The summed E-state index contributed by atoms with van der Waals surface area (Å²) in [4.78, 5) is 17.5. The first-order chi connectivity index (χ1) is 13.0. The fourth-order valence-corrected chi connectivity index (χ4v) is 5.83. The first-order valence-corrected chi connectivity index (χ1v) is 11.4. The number of benzene rings is 1. The van der Waals surface area contributed by atoms with Gasteiger partial charge in [0.2, 0.25) is 5.91 Å². The van der Waals surface area contributed by atoms with E-state index in [0.717, 1.165) is 38.6 Å². The van der Waals surface area contributed by atoms with Gasteiger partial charge >= 0.3 is 0 Å². The molecule has 0 spiro atoms. The van der Waals surface area contributed by atoms with Crippen LogP contribution in [0.4, 0.5) is 0 Å². The number of sulfonamides is 1. The van der Waals surface area contributed by atoms with E-state index in [2.05, 4.69) is 16.2 Å². The van der Waals surface area contributed by atoms with E-state index in [1.54, 1.807) is 12.1 Å². The van der Waals surface area contributed by atoms with Crippen LogP contribution in [0.2, 0.25) is 0 Å². The Morgan fingerprint density at radius 3 is 2.59 bits per heavy atom. The predicted molar refractivity (Wildman–Crippen MR) is 104 cm³/mol. The Balaban J connectivity index is 1.45. The third-order valence-electron chi connectivity index (χ3n) is 6.14. The van der Waals surface area contributed by atoms with Crippen LogP contribution in [0.1, 0.15) is 51.0 Å². The van der Waals surface area contributed by atoms with Crippen molar-refractivity contribution in [3.63, 3.8) is 0 Å². The molecule has 7 heteroatoms. The van der Waals surface area contributed by atoms with E-state index in [4.69, 9.17) is 0 Å². The lowest BCUT2D eigenvalue weighted by molar-refractivity contribution is -0.140. The van der Waals surface area contributed by atoms with E-state index >= 15 is 0 Å². The van der Waals surface area contributed by atoms with Crippen molar-refractivity contribution in [2.45, 2.75) is 56.4 Å². The molecule has 2 saturated heterocycles. The van der Waals surface area contributed by atoms with Gasteiger partial charge in [0.1, 0.15) is 4.90 Å². The summed E-state index contributed by atoms with van der Waals surface area (Å²) in [5.41, 5.74) is 0.685. The van der Waals surface area contributed by atoms with E-state index in [1.807, 2.05) is 17.0 Å². The molecule has 0 N–H and O–H groups in total. The zero-order valence-electron chi connectivity index (χ0n) is 15.8. The third kappa shape index (κ3) is 3.37. The molecule has 0 unspecified atom stereocenters. The number of amides is 1. The molecule has 0 aromatic heterocycles. The van der Waals surface area contributed by atoms with E-state index in [9.17, 15) is 13.2 Å². The molecule has 1 atom stereocenters. The molecule has 0 radical (unpaired) electrons. The van der Waals surface area contributed by atoms with Crippen LogP contribution in [0.25, 0.3) is 0 Å². The number of carbonyl (C=O) groups is 1. The van der Waals surface area contributed by atoms with Gasteiger partial charge in [0.05, 0.1) is 0 Å². The second-order valence-corrected chi connectivity index (χ2v) is 9.31. The Morgan fingerprint density at radius 1 is 1.11 bits per heavy atom. The number of hydrogen-bond acceptors (Lipinski definition) is 4. The Kier molecular flexibility index (Phi) is 4.97. The number of fused-ring (bicyclic) bond motifs is 1. The topological polar surface area (TPSA) is 70.1 Å². The summed E-state index contributed by atoms with van der Waals surface area (Å²) in [7, 11) is -3.59. The predicted octanol–water partition coefficient (Wildman–Crippen LogP) is 2.64. The maximum Gasteiger partial charge on any atom is 0.285 e. The van der Waals surface area contributed by atoms with E-state index in [-0.39, 0.29) is 10.8 Å². The number of nitrogens with zero attached hydrogens (tertiary/aromatic N) is 3. The maximum atomic E-state index is 13.0. The van der Waals surface area contributed by atoms with Crippen molar-refractivity contribution >= 4 is 21.8 Å². The molecule has 1 aromatic rings. The lowest BCUT2D eigenvalue weighted by Crippen LogP contribution is -2.49. The highest BCUT2D eigenvalue weighted by atomic mass is 32.2. The number of hydrogen-bond donors (Lipinski definition) is 0. The molecule has 0 aliphatic carbocycles. The van der Waals surface area contributed by atoms with Gasteiger partial charge in [-0.15, -0.1) is 4.40 Å². The molecule has 6 nitrogen and oxygen atoms in total. The Labute approximate surface area is 161 Å². The largest absolute Gasteiger partial charge is 0.355 e. The Morgan fingerprint density at radius 2 is 1.85 bits per heavy atom. The second kappa shape index (κ2) is 7.26. The van der Waals surface area contributed by atoms with Gasteiger partial charge in [0, 0.05) is 37.2 Å². The summed E-state index contributed by atoms with van der Waals surface area (Å²) in [6.07, 6.45) is 5.98. The summed E-state index contributed by atoms with van der Waals surface area (Å²) in [5, 5.41) is 0. The molecule has 2 fully saturated rings. The van der Waals surface area contributed by atoms with Gasteiger partial charge in [-0.25, -0.2) is 0 Å². The van der Waals surface area contributed by atoms with Crippen LogP contribution in [0.15, 0.2) is 33.6 Å². The van der Waals surface area contributed by atoms with Crippen molar-refractivity contribution in [1.82, 2.24) is 9.80 Å². The van der Waals surface area contributed by atoms with Gasteiger partial charge in [-0.3, -0.25) is 4.79 Å². The highest BCUT2D eigenvalue weighted by molar-refractivity contribution is 7.90. The fraction of sp³-hybridized carbons (Fsp3) is 0.600. The molecule has 4 rings (SSSR count). The van der Waals surface area contributed by atoms with Crippen LogP contribution in [0, 0.1) is 5.92 Å². The van der Waals surface area contributed by atoms with Gasteiger partial charge in [-0.05, 0) is 50.7 Å². The maximum absolute atomic E-state index is 13.0. The lowest BCUT2D eigenvalue weighted by Gasteiger charge is -2.40. The molecule has 1 aromatic carbocycles. The van der Waals surface area contributed by atoms with Gasteiger partial charge < -0.3 is 9.80 Å². The zero-order chi connectivity index (χ0) is 19.0. The first kappa shape index (κ1) is 18.5. The monoisotopic (exact) mass is 389 g/mol. The Bertz CT molecular complexity index is 857. The van der Waals surface area contributed by atoms with Crippen molar-refractivity contribution < 1.29 is 13.2 Å². The molecular weight excluding hydrogens is 362 g/mol. The van der Waals surface area contributed by atoms with Gasteiger partial charge in [-0.2, -0.15) is 8.42 Å². The third-order valence-corrected chi connectivity index (χ3v) is 7.46. The number of likely N-dealkylation sites (tertiary alicyclic amines) is 2. The summed E-state index contributed by atoms with van der Waals surface area (Å²) >= 11 is 0. The second-order valence-electron chi connectivity index (χ2n) is 7.74. The van der Waals surface area contributed by atoms with Crippen molar-refractivity contribution in [3.05, 3.63) is 29.8 Å². The molecule has 0 bridgehead atoms. The number of rotatable bonds is 2. The SMILES string of the molecule is CC[C@H]1CCCCN1C(=O)C1CCN(C2=NS(=O)(=O)c3ccccc32)CC1. The van der Waals surface area contributed by atoms with E-state index < -0.39 is 10.0 Å². The van der Waals surface area contributed by atoms with Crippen LogP contribution in [0.5, 0.6) is 0 Å². The van der Waals surface area contributed by atoms with Crippen molar-refractivity contribution in [1.29, 1.82) is 0 Å². The number of amidine groups is 1. The minimum atomic E-state index is -3.59. The first-order valence-electron chi connectivity index (χ1n) is 10.0. The summed E-state index contributed by atoms with van der Waals surface area (Å²) < 4.78 is 28.6.